The average molecular weight is 401 g/mol. The molecule has 0 spiro atoms. The predicted octanol–water partition coefficient (Wildman–Crippen LogP) is 1.72. The molecule has 3 unspecified atom stereocenters. The predicted molar refractivity (Wildman–Crippen MR) is 104 cm³/mol. The lowest BCUT2D eigenvalue weighted by atomic mass is 9.85. The van der Waals surface area contributed by atoms with E-state index in [4.69, 9.17) is 14.2 Å². The molecule has 1 aromatic carbocycles. The Hall–Kier alpha value is -1.70. The van der Waals surface area contributed by atoms with Crippen molar-refractivity contribution < 1.29 is 24.1 Å². The van der Waals surface area contributed by atoms with Crippen molar-refractivity contribution in [2.45, 2.75) is 32.3 Å². The molecule has 8 heteroatoms. The summed E-state index contributed by atoms with van der Waals surface area (Å²) in [5, 5.41) is 16.2. The maximum atomic E-state index is 12.1. The largest absolute Gasteiger partial charge is 0.491 e. The molecular formula is C19H29ClN2O5. The van der Waals surface area contributed by atoms with E-state index in [2.05, 4.69) is 17.6 Å². The summed E-state index contributed by atoms with van der Waals surface area (Å²) >= 11 is 0. The zero-order valence-corrected chi connectivity index (χ0v) is 16.4. The SMILES string of the molecule is CC(CC(=O)NCC(O)COc1ccc2c(c1)OCO2)C1CCCNC1.Cl. The fourth-order valence-electron chi connectivity index (χ4n) is 3.35. The van der Waals surface area contributed by atoms with Gasteiger partial charge in [-0.15, -0.1) is 12.4 Å². The van der Waals surface area contributed by atoms with Crippen molar-refractivity contribution in [3.63, 3.8) is 0 Å². The van der Waals surface area contributed by atoms with Crippen LogP contribution < -0.4 is 24.8 Å². The van der Waals surface area contributed by atoms with Gasteiger partial charge in [-0.05, 0) is 49.9 Å². The van der Waals surface area contributed by atoms with Crippen molar-refractivity contribution in [2.24, 2.45) is 11.8 Å². The number of hydrogen-bond donors (Lipinski definition) is 3. The van der Waals surface area contributed by atoms with Gasteiger partial charge in [-0.3, -0.25) is 4.79 Å². The number of fused-ring (bicyclic) bond motifs is 1. The zero-order chi connectivity index (χ0) is 18.4. The molecule has 2 heterocycles. The number of amides is 1. The number of carbonyl (C=O) groups excluding carboxylic acids is 1. The number of halogens is 1. The Balaban J connectivity index is 0.00000261. The van der Waals surface area contributed by atoms with E-state index in [1.165, 1.54) is 12.8 Å². The Morgan fingerprint density at radius 2 is 2.22 bits per heavy atom. The van der Waals surface area contributed by atoms with Crippen LogP contribution in [0, 0.1) is 11.8 Å². The highest BCUT2D eigenvalue weighted by molar-refractivity contribution is 5.85. The van der Waals surface area contributed by atoms with Gasteiger partial charge in [-0.1, -0.05) is 6.92 Å². The van der Waals surface area contributed by atoms with Crippen LogP contribution >= 0.6 is 12.4 Å². The maximum absolute atomic E-state index is 12.1. The lowest BCUT2D eigenvalue weighted by Crippen LogP contribution is -2.38. The molecule has 3 N–H and O–H groups in total. The molecule has 27 heavy (non-hydrogen) atoms. The van der Waals surface area contributed by atoms with Crippen molar-refractivity contribution in [2.75, 3.05) is 33.0 Å². The van der Waals surface area contributed by atoms with E-state index >= 15 is 0 Å². The topological polar surface area (TPSA) is 89.1 Å². The van der Waals surface area contributed by atoms with Crippen LogP contribution in [0.25, 0.3) is 0 Å². The van der Waals surface area contributed by atoms with E-state index in [1.807, 2.05) is 0 Å². The van der Waals surface area contributed by atoms with Crippen LogP contribution in [-0.2, 0) is 4.79 Å². The molecule has 0 bridgehead atoms. The average Bonchev–Trinajstić information content (AvgIpc) is 3.13. The van der Waals surface area contributed by atoms with Gasteiger partial charge in [0, 0.05) is 19.0 Å². The van der Waals surface area contributed by atoms with Gasteiger partial charge >= 0.3 is 0 Å². The van der Waals surface area contributed by atoms with Crippen molar-refractivity contribution in [1.82, 2.24) is 10.6 Å². The number of hydrogen-bond acceptors (Lipinski definition) is 6. The number of carbonyl (C=O) groups is 1. The first kappa shape index (κ1) is 21.6. The minimum Gasteiger partial charge on any atom is -0.491 e. The van der Waals surface area contributed by atoms with E-state index < -0.39 is 6.10 Å². The second kappa shape index (κ2) is 10.6. The Morgan fingerprint density at radius 1 is 1.41 bits per heavy atom. The number of ether oxygens (including phenoxy) is 3. The highest BCUT2D eigenvalue weighted by Gasteiger charge is 2.22. The molecule has 2 aliphatic rings. The normalized spacial score (nSPS) is 20.3. The molecule has 0 aliphatic carbocycles. The van der Waals surface area contributed by atoms with Gasteiger partial charge in [0.25, 0.3) is 0 Å². The Morgan fingerprint density at radius 3 is 3.00 bits per heavy atom. The highest BCUT2D eigenvalue weighted by atomic mass is 35.5. The lowest BCUT2D eigenvalue weighted by Gasteiger charge is -2.28. The van der Waals surface area contributed by atoms with Crippen LogP contribution in [0.3, 0.4) is 0 Å². The monoisotopic (exact) mass is 400 g/mol. The number of aliphatic hydroxyl groups is 1. The summed E-state index contributed by atoms with van der Waals surface area (Å²) in [5.41, 5.74) is 0. The summed E-state index contributed by atoms with van der Waals surface area (Å²) in [6.07, 6.45) is 2.07. The standard InChI is InChI=1S/C19H28N2O5.ClH/c1-13(14-3-2-6-20-9-14)7-19(23)21-10-15(22)11-24-16-4-5-17-18(8-16)26-12-25-17;/h4-5,8,13-15,20,22H,2-3,6-7,9-12H2,1H3,(H,21,23);1H. The summed E-state index contributed by atoms with van der Waals surface area (Å²) in [6.45, 7) is 4.67. The van der Waals surface area contributed by atoms with Crippen LogP contribution in [0.4, 0.5) is 0 Å². The summed E-state index contributed by atoms with van der Waals surface area (Å²) in [6, 6.07) is 5.26. The van der Waals surface area contributed by atoms with Crippen LogP contribution in [0.2, 0.25) is 0 Å². The molecular weight excluding hydrogens is 372 g/mol. The van der Waals surface area contributed by atoms with Gasteiger partial charge in [0.1, 0.15) is 18.5 Å². The molecule has 0 saturated carbocycles. The molecule has 1 fully saturated rings. The van der Waals surface area contributed by atoms with Crippen molar-refractivity contribution >= 4 is 18.3 Å². The number of nitrogens with one attached hydrogen (secondary N) is 2. The van der Waals surface area contributed by atoms with E-state index in [0.717, 1.165) is 13.1 Å². The van der Waals surface area contributed by atoms with Crippen LogP contribution in [0.5, 0.6) is 17.2 Å². The van der Waals surface area contributed by atoms with Gasteiger partial charge < -0.3 is 30.0 Å². The molecule has 3 rings (SSSR count). The molecule has 0 radical (unpaired) electrons. The second-order valence-corrected chi connectivity index (χ2v) is 7.07. The second-order valence-electron chi connectivity index (χ2n) is 7.07. The minimum atomic E-state index is -0.768. The Kier molecular flexibility index (Phi) is 8.47. The molecule has 152 valence electrons. The Labute approximate surface area is 166 Å². The number of benzene rings is 1. The van der Waals surface area contributed by atoms with Gasteiger partial charge in [-0.25, -0.2) is 0 Å². The molecule has 2 aliphatic heterocycles. The number of rotatable bonds is 8. The Bertz CT molecular complexity index is 610. The molecule has 0 aromatic heterocycles. The van der Waals surface area contributed by atoms with E-state index in [9.17, 15) is 9.90 Å². The van der Waals surface area contributed by atoms with E-state index in [-0.39, 0.29) is 38.3 Å². The van der Waals surface area contributed by atoms with Crippen LogP contribution in [-0.4, -0.2) is 50.2 Å². The lowest BCUT2D eigenvalue weighted by molar-refractivity contribution is -0.122. The molecule has 1 amide bonds. The third-order valence-electron chi connectivity index (χ3n) is 4.97. The minimum absolute atomic E-state index is 0. The van der Waals surface area contributed by atoms with Crippen molar-refractivity contribution in [3.8, 4) is 17.2 Å². The summed E-state index contributed by atoms with van der Waals surface area (Å²) in [4.78, 5) is 12.1. The quantitative estimate of drug-likeness (QED) is 0.615. The van der Waals surface area contributed by atoms with Crippen LogP contribution in [0.1, 0.15) is 26.2 Å². The van der Waals surface area contributed by atoms with E-state index in [0.29, 0.717) is 35.5 Å². The fraction of sp³-hybridized carbons (Fsp3) is 0.632. The summed E-state index contributed by atoms with van der Waals surface area (Å²) in [5.74, 6) is 2.78. The maximum Gasteiger partial charge on any atom is 0.231 e. The molecule has 1 saturated heterocycles. The van der Waals surface area contributed by atoms with Crippen molar-refractivity contribution in [3.05, 3.63) is 18.2 Å². The molecule has 1 aromatic rings. The molecule has 3 atom stereocenters. The third-order valence-corrected chi connectivity index (χ3v) is 4.97. The zero-order valence-electron chi connectivity index (χ0n) is 15.6. The third kappa shape index (κ3) is 6.45. The summed E-state index contributed by atoms with van der Waals surface area (Å²) in [7, 11) is 0. The number of aliphatic hydroxyl groups excluding tert-OH is 1. The van der Waals surface area contributed by atoms with Gasteiger partial charge in [-0.2, -0.15) is 0 Å². The fourth-order valence-corrected chi connectivity index (χ4v) is 3.35. The van der Waals surface area contributed by atoms with Gasteiger partial charge in [0.15, 0.2) is 11.5 Å². The smallest absolute Gasteiger partial charge is 0.231 e. The summed E-state index contributed by atoms with van der Waals surface area (Å²) < 4.78 is 16.1. The van der Waals surface area contributed by atoms with Crippen molar-refractivity contribution in [1.29, 1.82) is 0 Å². The van der Waals surface area contributed by atoms with Crippen LogP contribution in [0.15, 0.2) is 18.2 Å². The van der Waals surface area contributed by atoms with E-state index in [1.54, 1.807) is 18.2 Å². The first-order valence-electron chi connectivity index (χ1n) is 9.29. The molecule has 7 nitrogen and oxygen atoms in total. The number of piperidine rings is 1. The van der Waals surface area contributed by atoms with Gasteiger partial charge in [0.2, 0.25) is 12.7 Å². The first-order valence-corrected chi connectivity index (χ1v) is 9.29. The van der Waals surface area contributed by atoms with Gasteiger partial charge in [0.05, 0.1) is 0 Å². The first-order chi connectivity index (χ1) is 12.6. The highest BCUT2D eigenvalue weighted by Crippen LogP contribution is 2.35.